The van der Waals surface area contributed by atoms with Crippen LogP contribution in [0, 0.1) is 5.92 Å². The largest absolute Gasteiger partial charge is 0.506 e. The maximum absolute atomic E-state index is 13.2. The quantitative estimate of drug-likeness (QED) is 0.107. The minimum Gasteiger partial charge on any atom is -0.506 e. The lowest BCUT2D eigenvalue weighted by Crippen LogP contribution is -2.52. The first-order valence-electron chi connectivity index (χ1n) is 18.3. The van der Waals surface area contributed by atoms with E-state index in [0.717, 1.165) is 84.3 Å². The molecule has 4 aromatic carbocycles. The normalized spacial score (nSPS) is 18.7. The number of hydrogen-bond donors (Lipinski definition) is 5. The maximum Gasteiger partial charge on any atom is 0.411 e. The molecule has 0 radical (unpaired) electrons. The molecule has 2 bridgehead atoms. The number of aliphatic hydroxyl groups is 1. The van der Waals surface area contributed by atoms with E-state index in [1.54, 1.807) is 12.1 Å². The molecule has 9 rings (SSSR count). The highest BCUT2D eigenvalue weighted by atomic mass is 16.6. The highest BCUT2D eigenvalue weighted by Crippen LogP contribution is 2.33. The Hall–Kier alpha value is -5.56. The van der Waals surface area contributed by atoms with Gasteiger partial charge in [-0.1, -0.05) is 59.8 Å². The van der Waals surface area contributed by atoms with E-state index in [1.807, 2.05) is 53.2 Å². The number of amides is 1. The lowest BCUT2D eigenvalue weighted by Gasteiger charge is -2.43. The predicted molar refractivity (Wildman–Crippen MR) is 204 cm³/mol. The fraction of sp³-hybridized carbons (Fsp3) is 0.317. The second-order valence-corrected chi connectivity index (χ2v) is 14.1. The molecule has 3 aliphatic heterocycles. The third-order valence-electron chi connectivity index (χ3n) is 10.6. The fourth-order valence-corrected chi connectivity index (χ4v) is 7.78. The standard InChI is InChI=1S/C41H43N7O5/c49-36-14-11-31(32-12-15-39(51)44-40(32)36)37(50)24-42-23-27-9-13-35-34(22-27)45-46-48(35)18-4-5-26-8-10-30(28-6-2-1-3-7-28)33(21-26)43-41(52)53-38-25-47-19-16-29(38)17-20-47/h1-3,6-15,21-22,29,37-38,42,49-50H,4-5,16-20,23-25H2,(H,43,52)(H,44,51)/t37?,38-/m0/s1. The van der Waals surface area contributed by atoms with Gasteiger partial charge in [-0.15, -0.1) is 5.10 Å². The Labute approximate surface area is 306 Å². The third-order valence-corrected chi connectivity index (χ3v) is 10.6. The van der Waals surface area contributed by atoms with Gasteiger partial charge in [0.05, 0.1) is 22.8 Å². The summed E-state index contributed by atoms with van der Waals surface area (Å²) >= 11 is 0. The number of carbonyl (C=O) groups is 1. The van der Waals surface area contributed by atoms with Crippen LogP contribution in [0.3, 0.4) is 0 Å². The van der Waals surface area contributed by atoms with Crippen molar-refractivity contribution in [1.29, 1.82) is 0 Å². The number of aryl methyl sites for hydroxylation is 2. The van der Waals surface area contributed by atoms with Crippen LogP contribution < -0.4 is 16.2 Å². The number of fused-ring (bicyclic) bond motifs is 5. The molecule has 2 aromatic heterocycles. The maximum atomic E-state index is 13.2. The summed E-state index contributed by atoms with van der Waals surface area (Å²) in [6.45, 7) is 4.46. The van der Waals surface area contributed by atoms with E-state index in [1.165, 1.54) is 12.1 Å². The first kappa shape index (κ1) is 34.5. The number of carbonyl (C=O) groups excluding carboxylic acids is 1. The summed E-state index contributed by atoms with van der Waals surface area (Å²) in [5, 5.41) is 36.9. The van der Waals surface area contributed by atoms with Crippen LogP contribution in [0.1, 0.15) is 42.1 Å². The molecule has 12 heteroatoms. The van der Waals surface area contributed by atoms with Gasteiger partial charge in [-0.05, 0) is 97.3 Å². The van der Waals surface area contributed by atoms with Crippen molar-refractivity contribution in [3.05, 3.63) is 118 Å². The zero-order valence-corrected chi connectivity index (χ0v) is 29.4. The summed E-state index contributed by atoms with van der Waals surface area (Å²) in [5.74, 6) is 0.399. The van der Waals surface area contributed by atoms with Gasteiger partial charge in [-0.25, -0.2) is 9.48 Å². The van der Waals surface area contributed by atoms with E-state index >= 15 is 0 Å². The molecule has 5 heterocycles. The summed E-state index contributed by atoms with van der Waals surface area (Å²) in [6.07, 6.45) is 2.47. The van der Waals surface area contributed by atoms with Crippen molar-refractivity contribution in [2.75, 3.05) is 31.5 Å². The van der Waals surface area contributed by atoms with Crippen LogP contribution in [0.15, 0.2) is 95.8 Å². The Bertz CT molecular complexity index is 2300. The summed E-state index contributed by atoms with van der Waals surface area (Å²) in [6, 6.07) is 28.5. The Balaban J connectivity index is 0.881. The molecule has 0 saturated carbocycles. The highest BCUT2D eigenvalue weighted by Gasteiger charge is 2.36. The number of aromatic hydroxyl groups is 1. The van der Waals surface area contributed by atoms with Gasteiger partial charge in [0, 0.05) is 43.2 Å². The van der Waals surface area contributed by atoms with Gasteiger partial charge < -0.3 is 25.3 Å². The van der Waals surface area contributed by atoms with Crippen LogP contribution in [0.4, 0.5) is 10.5 Å². The van der Waals surface area contributed by atoms with Crippen molar-refractivity contribution in [3.8, 4) is 16.9 Å². The van der Waals surface area contributed by atoms with Crippen LogP contribution in [0.5, 0.6) is 5.75 Å². The van der Waals surface area contributed by atoms with Gasteiger partial charge in [0.15, 0.2) is 0 Å². The third kappa shape index (κ3) is 7.66. The number of nitrogens with zero attached hydrogens (tertiary/aromatic N) is 4. The van der Waals surface area contributed by atoms with Crippen LogP contribution in [0.25, 0.3) is 33.1 Å². The number of benzene rings is 4. The molecule has 0 aliphatic carbocycles. The van der Waals surface area contributed by atoms with Crippen molar-refractivity contribution in [2.45, 2.75) is 51.0 Å². The molecule has 0 spiro atoms. The molecule has 6 aromatic rings. The van der Waals surface area contributed by atoms with Crippen LogP contribution >= 0.6 is 0 Å². The van der Waals surface area contributed by atoms with Crippen molar-refractivity contribution in [1.82, 2.24) is 30.2 Å². The first-order valence-corrected chi connectivity index (χ1v) is 18.3. The Kier molecular flexibility index (Phi) is 9.90. The topological polar surface area (TPSA) is 158 Å². The number of phenols is 1. The summed E-state index contributed by atoms with van der Waals surface area (Å²) < 4.78 is 7.88. The van der Waals surface area contributed by atoms with Crippen LogP contribution in [0.2, 0.25) is 0 Å². The molecule has 1 amide bonds. The summed E-state index contributed by atoms with van der Waals surface area (Å²) in [7, 11) is 0. The molecule has 5 N–H and O–H groups in total. The van der Waals surface area contributed by atoms with Gasteiger partial charge in [0.2, 0.25) is 5.56 Å². The second-order valence-electron chi connectivity index (χ2n) is 14.1. The number of rotatable bonds is 12. The number of aromatic nitrogens is 4. The highest BCUT2D eigenvalue weighted by molar-refractivity contribution is 5.92. The number of pyridine rings is 1. The lowest BCUT2D eigenvalue weighted by atomic mass is 9.86. The average Bonchev–Trinajstić information content (AvgIpc) is 3.58. The van der Waals surface area contributed by atoms with Crippen LogP contribution in [-0.4, -0.2) is 73.5 Å². The SMILES string of the molecule is O=C(Nc1cc(CCCn2nnc3cc(CNCC(O)c4ccc(O)c5[nH]c(=O)ccc45)ccc32)ccc1-c1ccccc1)O[C@H]1CN2CCC1CC2. The van der Waals surface area contributed by atoms with Crippen molar-refractivity contribution < 1.29 is 19.7 Å². The lowest BCUT2D eigenvalue weighted by molar-refractivity contribution is -0.0289. The van der Waals surface area contributed by atoms with Gasteiger partial charge >= 0.3 is 6.09 Å². The second kappa shape index (κ2) is 15.2. The number of ether oxygens (including phenoxy) is 1. The van der Waals surface area contributed by atoms with E-state index in [-0.39, 0.29) is 24.0 Å². The zero-order valence-electron chi connectivity index (χ0n) is 29.4. The number of nitrogens with one attached hydrogen (secondary N) is 3. The zero-order chi connectivity index (χ0) is 36.3. The van der Waals surface area contributed by atoms with E-state index in [9.17, 15) is 19.8 Å². The molecule has 272 valence electrons. The van der Waals surface area contributed by atoms with Crippen molar-refractivity contribution in [2.24, 2.45) is 5.92 Å². The number of phenolic OH excluding ortho intramolecular Hbond substituents is 1. The van der Waals surface area contributed by atoms with Crippen molar-refractivity contribution in [3.63, 3.8) is 0 Å². The molecule has 53 heavy (non-hydrogen) atoms. The summed E-state index contributed by atoms with van der Waals surface area (Å²) in [4.78, 5) is 29.9. The van der Waals surface area contributed by atoms with E-state index in [4.69, 9.17) is 4.74 Å². The molecule has 3 aliphatic rings. The molecule has 12 nitrogen and oxygen atoms in total. The van der Waals surface area contributed by atoms with E-state index in [0.29, 0.717) is 35.5 Å². The summed E-state index contributed by atoms with van der Waals surface area (Å²) in [5.41, 5.74) is 7.17. The molecular weight excluding hydrogens is 670 g/mol. The fourth-order valence-electron chi connectivity index (χ4n) is 7.78. The molecule has 1 unspecified atom stereocenters. The monoisotopic (exact) mass is 713 g/mol. The number of aromatic amines is 1. The Morgan fingerprint density at radius 1 is 0.981 bits per heavy atom. The van der Waals surface area contributed by atoms with Gasteiger partial charge in [-0.2, -0.15) is 0 Å². The van der Waals surface area contributed by atoms with Gasteiger partial charge in [0.1, 0.15) is 17.4 Å². The number of anilines is 1. The Morgan fingerprint density at radius 3 is 2.62 bits per heavy atom. The van der Waals surface area contributed by atoms with Crippen LogP contribution in [-0.2, 0) is 24.2 Å². The minimum atomic E-state index is -0.848. The molecular formula is C41H43N7O5. The number of aliphatic hydroxyl groups excluding tert-OH is 1. The first-order chi connectivity index (χ1) is 25.9. The predicted octanol–water partition coefficient (Wildman–Crippen LogP) is 5.74. The van der Waals surface area contributed by atoms with Gasteiger partial charge in [0.25, 0.3) is 0 Å². The number of piperidine rings is 3. The number of H-pyrrole nitrogens is 1. The van der Waals surface area contributed by atoms with Gasteiger partial charge in [-0.3, -0.25) is 15.0 Å². The van der Waals surface area contributed by atoms with E-state index < -0.39 is 12.2 Å². The Morgan fingerprint density at radius 2 is 1.81 bits per heavy atom. The molecule has 2 atom stereocenters. The van der Waals surface area contributed by atoms with E-state index in [2.05, 4.69) is 49.0 Å². The van der Waals surface area contributed by atoms with Crippen molar-refractivity contribution >= 4 is 33.7 Å². The smallest absolute Gasteiger partial charge is 0.411 e. The average molecular weight is 714 g/mol. The number of hydrogen-bond acceptors (Lipinski definition) is 9. The minimum absolute atomic E-state index is 0.0413. The molecule has 3 fully saturated rings. The molecule has 3 saturated heterocycles.